The largest absolute Gasteiger partial charge is 0.391 e. The van der Waals surface area contributed by atoms with E-state index >= 15 is 0 Å². The molecule has 2 aromatic rings. The summed E-state index contributed by atoms with van der Waals surface area (Å²) < 4.78 is 0. The number of hydrogen-bond donors (Lipinski definition) is 3. The van der Waals surface area contributed by atoms with E-state index < -0.39 is 6.10 Å². The van der Waals surface area contributed by atoms with Gasteiger partial charge in [-0.25, -0.2) is 4.98 Å². The van der Waals surface area contributed by atoms with Gasteiger partial charge in [-0.1, -0.05) is 6.92 Å². The molecule has 3 N–H and O–H groups in total. The molecule has 96 valence electrons. The Morgan fingerprint density at radius 1 is 1.61 bits per heavy atom. The van der Waals surface area contributed by atoms with Gasteiger partial charge in [-0.05, 0) is 31.5 Å². The molecule has 0 radical (unpaired) electrons. The molecule has 0 spiro atoms. The topological polar surface area (TPSA) is 78.0 Å². The number of aromatic nitrogens is 2. The predicted molar refractivity (Wildman–Crippen MR) is 69.3 cm³/mol. The molecule has 1 amide bonds. The van der Waals surface area contributed by atoms with E-state index in [1.54, 1.807) is 19.2 Å². The van der Waals surface area contributed by atoms with Gasteiger partial charge in [0.05, 0.1) is 12.1 Å². The maximum Gasteiger partial charge on any atom is 0.268 e. The Labute approximate surface area is 105 Å². The highest BCUT2D eigenvalue weighted by atomic mass is 16.3. The average Bonchev–Trinajstić information content (AvgIpc) is 2.79. The van der Waals surface area contributed by atoms with Crippen LogP contribution in [0.5, 0.6) is 0 Å². The van der Waals surface area contributed by atoms with Gasteiger partial charge in [0.25, 0.3) is 5.91 Å². The van der Waals surface area contributed by atoms with Crippen LogP contribution in [-0.4, -0.2) is 33.1 Å². The van der Waals surface area contributed by atoms with E-state index in [-0.39, 0.29) is 11.9 Å². The standard InChI is InChI=1S/C13H17N3O2/c1-3-10(8(2)17)16-13(18)11-7-9-5-4-6-14-12(9)15-11/h4-8,10,17H,3H2,1-2H3,(H,14,15)(H,16,18). The maximum atomic E-state index is 12.0. The molecule has 0 aliphatic heterocycles. The van der Waals surface area contributed by atoms with Crippen molar-refractivity contribution in [3.05, 3.63) is 30.1 Å². The van der Waals surface area contributed by atoms with Crippen molar-refractivity contribution >= 4 is 16.9 Å². The van der Waals surface area contributed by atoms with Crippen LogP contribution in [0.4, 0.5) is 0 Å². The van der Waals surface area contributed by atoms with Crippen molar-refractivity contribution < 1.29 is 9.90 Å². The zero-order valence-corrected chi connectivity index (χ0v) is 10.5. The van der Waals surface area contributed by atoms with Crippen molar-refractivity contribution in [2.24, 2.45) is 0 Å². The van der Waals surface area contributed by atoms with Crippen molar-refractivity contribution in [2.75, 3.05) is 0 Å². The number of nitrogens with zero attached hydrogens (tertiary/aromatic N) is 1. The molecule has 0 saturated heterocycles. The molecule has 0 bridgehead atoms. The third kappa shape index (κ3) is 2.51. The number of pyridine rings is 1. The molecule has 2 unspecified atom stereocenters. The molecule has 5 heteroatoms. The number of nitrogens with one attached hydrogen (secondary N) is 2. The highest BCUT2D eigenvalue weighted by Gasteiger charge is 2.17. The number of aliphatic hydroxyl groups excluding tert-OH is 1. The number of aromatic amines is 1. The Balaban J connectivity index is 2.18. The molecular weight excluding hydrogens is 230 g/mol. The lowest BCUT2D eigenvalue weighted by atomic mass is 10.1. The summed E-state index contributed by atoms with van der Waals surface area (Å²) >= 11 is 0. The van der Waals surface area contributed by atoms with Gasteiger partial charge in [-0.15, -0.1) is 0 Å². The maximum absolute atomic E-state index is 12.0. The van der Waals surface area contributed by atoms with Crippen molar-refractivity contribution in [3.8, 4) is 0 Å². The second-order valence-corrected chi connectivity index (χ2v) is 4.35. The Morgan fingerprint density at radius 3 is 3.00 bits per heavy atom. The highest BCUT2D eigenvalue weighted by molar-refractivity contribution is 5.97. The molecule has 2 atom stereocenters. The van der Waals surface area contributed by atoms with E-state index in [0.717, 1.165) is 5.39 Å². The minimum Gasteiger partial charge on any atom is -0.391 e. The van der Waals surface area contributed by atoms with Gasteiger partial charge in [-0.3, -0.25) is 4.79 Å². The third-order valence-electron chi connectivity index (χ3n) is 2.98. The molecule has 2 rings (SSSR count). The van der Waals surface area contributed by atoms with Crippen LogP contribution in [0.1, 0.15) is 30.8 Å². The summed E-state index contributed by atoms with van der Waals surface area (Å²) in [6.45, 7) is 3.59. The van der Waals surface area contributed by atoms with Gasteiger partial charge < -0.3 is 15.4 Å². The van der Waals surface area contributed by atoms with Crippen LogP contribution in [0.2, 0.25) is 0 Å². The summed E-state index contributed by atoms with van der Waals surface area (Å²) in [4.78, 5) is 19.1. The summed E-state index contributed by atoms with van der Waals surface area (Å²) in [5.74, 6) is -0.222. The zero-order chi connectivity index (χ0) is 13.1. The van der Waals surface area contributed by atoms with Gasteiger partial charge >= 0.3 is 0 Å². The van der Waals surface area contributed by atoms with Gasteiger partial charge in [0.2, 0.25) is 0 Å². The van der Waals surface area contributed by atoms with E-state index in [0.29, 0.717) is 17.8 Å². The number of hydrogen-bond acceptors (Lipinski definition) is 3. The van der Waals surface area contributed by atoms with Crippen LogP contribution in [0, 0.1) is 0 Å². The normalized spacial score (nSPS) is 14.4. The quantitative estimate of drug-likeness (QED) is 0.765. The summed E-state index contributed by atoms with van der Waals surface area (Å²) in [5.41, 5.74) is 1.15. The monoisotopic (exact) mass is 247 g/mol. The lowest BCUT2D eigenvalue weighted by Crippen LogP contribution is -2.41. The van der Waals surface area contributed by atoms with Gasteiger partial charge in [-0.2, -0.15) is 0 Å². The number of aliphatic hydroxyl groups is 1. The Kier molecular flexibility index (Phi) is 3.62. The summed E-state index contributed by atoms with van der Waals surface area (Å²) in [6.07, 6.45) is 1.79. The fourth-order valence-electron chi connectivity index (χ4n) is 1.89. The summed E-state index contributed by atoms with van der Waals surface area (Å²) in [5, 5.41) is 13.2. The molecular formula is C13H17N3O2. The number of H-pyrrole nitrogens is 1. The van der Waals surface area contributed by atoms with Crippen LogP contribution in [-0.2, 0) is 0 Å². The minimum atomic E-state index is -0.568. The molecule has 0 fully saturated rings. The first-order chi connectivity index (χ1) is 8.61. The van der Waals surface area contributed by atoms with Gasteiger partial charge in [0.15, 0.2) is 0 Å². The average molecular weight is 247 g/mol. The molecule has 0 aliphatic carbocycles. The van der Waals surface area contributed by atoms with Crippen molar-refractivity contribution in [3.63, 3.8) is 0 Å². The predicted octanol–water partition coefficient (Wildman–Crippen LogP) is 1.45. The van der Waals surface area contributed by atoms with E-state index in [1.165, 1.54) is 0 Å². The number of carbonyl (C=O) groups excluding carboxylic acids is 1. The highest BCUT2D eigenvalue weighted by Crippen LogP contribution is 2.12. The van der Waals surface area contributed by atoms with Crippen LogP contribution >= 0.6 is 0 Å². The lowest BCUT2D eigenvalue weighted by molar-refractivity contribution is 0.0851. The van der Waals surface area contributed by atoms with Gasteiger partial charge in [0, 0.05) is 11.6 Å². The first-order valence-electron chi connectivity index (χ1n) is 6.04. The summed E-state index contributed by atoms with van der Waals surface area (Å²) in [7, 11) is 0. The first kappa shape index (κ1) is 12.6. The Bertz CT molecular complexity index is 515. The van der Waals surface area contributed by atoms with Gasteiger partial charge in [0.1, 0.15) is 11.3 Å². The first-order valence-corrected chi connectivity index (χ1v) is 6.04. The smallest absolute Gasteiger partial charge is 0.268 e. The fraction of sp³-hybridized carbons (Fsp3) is 0.385. The van der Waals surface area contributed by atoms with E-state index in [9.17, 15) is 9.90 Å². The molecule has 5 nitrogen and oxygen atoms in total. The van der Waals surface area contributed by atoms with Crippen molar-refractivity contribution in [1.29, 1.82) is 0 Å². The molecule has 0 aliphatic rings. The minimum absolute atomic E-state index is 0.222. The van der Waals surface area contributed by atoms with E-state index in [4.69, 9.17) is 0 Å². The molecule has 2 aromatic heterocycles. The third-order valence-corrected chi connectivity index (χ3v) is 2.98. The van der Waals surface area contributed by atoms with E-state index in [1.807, 2.05) is 19.1 Å². The SMILES string of the molecule is CCC(NC(=O)c1cc2cccnc2[nH]1)C(C)O. The number of carbonyl (C=O) groups is 1. The summed E-state index contributed by atoms with van der Waals surface area (Å²) in [6, 6.07) is 5.23. The number of fused-ring (bicyclic) bond motifs is 1. The molecule has 2 heterocycles. The lowest BCUT2D eigenvalue weighted by Gasteiger charge is -2.19. The van der Waals surface area contributed by atoms with Crippen LogP contribution in [0.15, 0.2) is 24.4 Å². The van der Waals surface area contributed by atoms with Crippen LogP contribution < -0.4 is 5.32 Å². The van der Waals surface area contributed by atoms with Crippen LogP contribution in [0.25, 0.3) is 11.0 Å². The number of rotatable bonds is 4. The second kappa shape index (κ2) is 5.18. The molecule has 18 heavy (non-hydrogen) atoms. The Hall–Kier alpha value is -1.88. The molecule has 0 saturated carbocycles. The van der Waals surface area contributed by atoms with Crippen LogP contribution in [0.3, 0.4) is 0 Å². The number of amides is 1. The van der Waals surface area contributed by atoms with E-state index in [2.05, 4.69) is 15.3 Å². The van der Waals surface area contributed by atoms with Crippen molar-refractivity contribution in [1.82, 2.24) is 15.3 Å². The zero-order valence-electron chi connectivity index (χ0n) is 10.5. The fourth-order valence-corrected chi connectivity index (χ4v) is 1.89. The second-order valence-electron chi connectivity index (χ2n) is 4.35. The van der Waals surface area contributed by atoms with Crippen molar-refractivity contribution in [2.45, 2.75) is 32.4 Å². The molecule has 0 aromatic carbocycles. The Morgan fingerprint density at radius 2 is 2.39 bits per heavy atom.